The van der Waals surface area contributed by atoms with Gasteiger partial charge in [-0.3, -0.25) is 14.5 Å². The first-order valence-electron chi connectivity index (χ1n) is 11.2. The zero-order valence-electron chi connectivity index (χ0n) is 19.2. The first-order chi connectivity index (χ1) is 15.7. The highest BCUT2D eigenvalue weighted by Gasteiger charge is 2.44. The molecule has 10 heteroatoms. The van der Waals surface area contributed by atoms with Crippen molar-refractivity contribution in [3.05, 3.63) is 41.5 Å². The highest BCUT2D eigenvalue weighted by molar-refractivity contribution is 6.06. The van der Waals surface area contributed by atoms with Gasteiger partial charge in [0.05, 0.1) is 6.04 Å². The van der Waals surface area contributed by atoms with Gasteiger partial charge in [0.25, 0.3) is 11.8 Å². The predicted octanol–water partition coefficient (Wildman–Crippen LogP) is 2.73. The molecule has 1 unspecified atom stereocenters. The van der Waals surface area contributed by atoms with E-state index in [2.05, 4.69) is 15.5 Å². The Kier molecular flexibility index (Phi) is 6.35. The van der Waals surface area contributed by atoms with Crippen LogP contribution >= 0.6 is 0 Å². The molecule has 2 aliphatic rings. The summed E-state index contributed by atoms with van der Waals surface area (Å²) in [5.74, 6) is 1.02. The van der Waals surface area contributed by atoms with E-state index in [4.69, 9.17) is 9.26 Å². The number of hydrogen-bond acceptors (Lipinski definition) is 7. The van der Waals surface area contributed by atoms with Gasteiger partial charge in [0.2, 0.25) is 5.91 Å². The quantitative estimate of drug-likeness (QED) is 0.638. The second-order valence-corrected chi connectivity index (χ2v) is 9.01. The second kappa shape index (κ2) is 9.21. The molecule has 10 nitrogen and oxygen atoms in total. The molecule has 1 atom stereocenters. The van der Waals surface area contributed by atoms with Crippen molar-refractivity contribution in [3.63, 3.8) is 0 Å². The fraction of sp³-hybridized carbons (Fsp3) is 0.522. The van der Waals surface area contributed by atoms with E-state index in [9.17, 15) is 14.4 Å². The first kappa shape index (κ1) is 22.8. The van der Waals surface area contributed by atoms with Crippen LogP contribution < -0.4 is 10.1 Å². The molecular formula is C23H29N5O5. The number of nitrogens with one attached hydrogen (secondary N) is 1. The topological polar surface area (TPSA) is 118 Å². The summed E-state index contributed by atoms with van der Waals surface area (Å²) in [5.41, 5.74) is 0.193. The molecule has 2 aliphatic heterocycles. The van der Waals surface area contributed by atoms with Gasteiger partial charge in [-0.15, -0.1) is 0 Å². The van der Waals surface area contributed by atoms with E-state index in [0.717, 1.165) is 29.7 Å². The fourth-order valence-electron chi connectivity index (χ4n) is 4.11. The molecule has 2 aromatic rings. The molecule has 1 aromatic carbocycles. The highest BCUT2D eigenvalue weighted by atomic mass is 16.5. The van der Waals surface area contributed by atoms with Gasteiger partial charge in [-0.25, -0.2) is 4.79 Å². The molecule has 0 aliphatic carbocycles. The summed E-state index contributed by atoms with van der Waals surface area (Å²) in [6, 6.07) is 6.90. The molecule has 33 heavy (non-hydrogen) atoms. The van der Waals surface area contributed by atoms with Crippen molar-refractivity contribution in [2.24, 2.45) is 0 Å². The minimum atomic E-state index is -0.949. The maximum atomic E-state index is 13.0. The molecule has 1 aromatic heterocycles. The summed E-state index contributed by atoms with van der Waals surface area (Å²) in [6.45, 7) is 6.04. The van der Waals surface area contributed by atoms with E-state index < -0.39 is 11.6 Å². The molecular weight excluding hydrogens is 426 g/mol. The van der Waals surface area contributed by atoms with Gasteiger partial charge in [-0.1, -0.05) is 22.9 Å². The van der Waals surface area contributed by atoms with Crippen LogP contribution in [0.4, 0.5) is 4.79 Å². The van der Waals surface area contributed by atoms with Crippen molar-refractivity contribution in [2.45, 2.75) is 64.6 Å². The van der Waals surface area contributed by atoms with E-state index in [0.29, 0.717) is 24.0 Å². The number of urea groups is 1. The molecule has 4 amide bonds. The van der Waals surface area contributed by atoms with Crippen LogP contribution in [0.5, 0.6) is 5.75 Å². The molecule has 176 valence electrons. The third-order valence-corrected chi connectivity index (χ3v) is 5.98. The second-order valence-electron chi connectivity index (χ2n) is 9.01. The van der Waals surface area contributed by atoms with Crippen molar-refractivity contribution in [2.75, 3.05) is 13.1 Å². The number of rotatable bonds is 7. The largest absolute Gasteiger partial charge is 0.484 e. The Labute approximate surface area is 192 Å². The molecule has 1 N–H and O–H groups in total. The Hall–Kier alpha value is -3.43. The molecule has 0 spiro atoms. The van der Waals surface area contributed by atoms with E-state index in [-0.39, 0.29) is 37.4 Å². The lowest BCUT2D eigenvalue weighted by atomic mass is 10.0. The number of amides is 4. The number of carbonyl (C=O) groups is 3. The Bertz CT molecular complexity index is 1030. The van der Waals surface area contributed by atoms with Gasteiger partial charge in [-0.2, -0.15) is 4.98 Å². The van der Waals surface area contributed by atoms with Crippen LogP contribution in [0.3, 0.4) is 0 Å². The van der Waals surface area contributed by atoms with Crippen molar-refractivity contribution in [3.8, 4) is 5.75 Å². The van der Waals surface area contributed by atoms with Crippen LogP contribution in [0, 0.1) is 6.92 Å². The number of hydrogen-bond donors (Lipinski definition) is 1. The SMILES string of the molecule is Cc1ccc(OCc2nc(C3CCCCN3C(=O)CCN3C(=O)NC(C)(C)C3=O)no2)cc1. The van der Waals surface area contributed by atoms with E-state index in [1.165, 1.54) is 0 Å². The van der Waals surface area contributed by atoms with Gasteiger partial charge in [0.15, 0.2) is 12.4 Å². The molecule has 3 heterocycles. The highest BCUT2D eigenvalue weighted by Crippen LogP contribution is 2.30. The Morgan fingerprint density at radius 1 is 1.24 bits per heavy atom. The maximum absolute atomic E-state index is 13.0. The Morgan fingerprint density at radius 2 is 2.00 bits per heavy atom. The van der Waals surface area contributed by atoms with E-state index in [1.807, 2.05) is 31.2 Å². The van der Waals surface area contributed by atoms with Gasteiger partial charge in [0.1, 0.15) is 11.3 Å². The third kappa shape index (κ3) is 4.99. The molecule has 2 fully saturated rings. The lowest BCUT2D eigenvalue weighted by molar-refractivity contribution is -0.136. The lowest BCUT2D eigenvalue weighted by Crippen LogP contribution is -2.42. The summed E-state index contributed by atoms with van der Waals surface area (Å²) in [4.78, 5) is 44.7. The molecule has 0 bridgehead atoms. The molecule has 4 rings (SSSR count). The number of likely N-dealkylation sites (tertiary alicyclic amines) is 1. The first-order valence-corrected chi connectivity index (χ1v) is 11.2. The van der Waals surface area contributed by atoms with Crippen molar-refractivity contribution < 1.29 is 23.6 Å². The summed E-state index contributed by atoms with van der Waals surface area (Å²) in [7, 11) is 0. The minimum absolute atomic E-state index is 0.0397. The third-order valence-electron chi connectivity index (χ3n) is 5.98. The van der Waals surface area contributed by atoms with Crippen molar-refractivity contribution >= 4 is 17.8 Å². The number of carbonyl (C=O) groups excluding carboxylic acids is 3. The fourth-order valence-corrected chi connectivity index (χ4v) is 4.11. The number of piperidine rings is 1. The Balaban J connectivity index is 1.37. The average molecular weight is 456 g/mol. The number of aryl methyl sites for hydroxylation is 1. The summed E-state index contributed by atoms with van der Waals surface area (Å²) >= 11 is 0. The molecule has 0 radical (unpaired) electrons. The van der Waals surface area contributed by atoms with Crippen molar-refractivity contribution in [1.29, 1.82) is 0 Å². The minimum Gasteiger partial charge on any atom is -0.484 e. The Morgan fingerprint density at radius 3 is 2.70 bits per heavy atom. The van der Waals surface area contributed by atoms with E-state index >= 15 is 0 Å². The number of imide groups is 1. The van der Waals surface area contributed by atoms with Gasteiger partial charge < -0.3 is 19.5 Å². The van der Waals surface area contributed by atoms with Crippen molar-refractivity contribution in [1.82, 2.24) is 25.3 Å². The smallest absolute Gasteiger partial charge is 0.325 e. The number of nitrogens with zero attached hydrogens (tertiary/aromatic N) is 4. The average Bonchev–Trinajstić information content (AvgIpc) is 3.34. The monoisotopic (exact) mass is 455 g/mol. The lowest BCUT2D eigenvalue weighted by Gasteiger charge is -2.34. The van der Waals surface area contributed by atoms with Gasteiger partial charge in [0, 0.05) is 19.5 Å². The van der Waals surface area contributed by atoms with Crippen LogP contribution in [0.25, 0.3) is 0 Å². The zero-order valence-corrected chi connectivity index (χ0v) is 19.2. The zero-order chi connectivity index (χ0) is 23.6. The normalized spacial score (nSPS) is 20.2. The molecule has 0 saturated carbocycles. The van der Waals surface area contributed by atoms with Crippen LogP contribution in [0.2, 0.25) is 0 Å². The molecule has 2 saturated heterocycles. The maximum Gasteiger partial charge on any atom is 0.325 e. The predicted molar refractivity (Wildman–Crippen MR) is 117 cm³/mol. The standard InChI is InChI=1S/C23H29N5O5/c1-15-7-9-16(10-8-15)32-14-18-24-20(26-33-18)17-6-4-5-12-27(17)19(29)11-13-28-21(30)23(2,3)25-22(28)31/h7-10,17H,4-6,11-14H2,1-3H3,(H,25,31). The van der Waals surface area contributed by atoms with Crippen LogP contribution in [0.15, 0.2) is 28.8 Å². The van der Waals surface area contributed by atoms with Crippen LogP contribution in [0.1, 0.15) is 62.9 Å². The van der Waals surface area contributed by atoms with Gasteiger partial charge in [-0.05, 0) is 52.2 Å². The van der Waals surface area contributed by atoms with Crippen LogP contribution in [-0.2, 0) is 16.2 Å². The number of ether oxygens (including phenoxy) is 1. The van der Waals surface area contributed by atoms with Crippen LogP contribution in [-0.4, -0.2) is 56.4 Å². The van der Waals surface area contributed by atoms with E-state index in [1.54, 1.807) is 18.7 Å². The number of benzene rings is 1. The van der Waals surface area contributed by atoms with Gasteiger partial charge >= 0.3 is 6.03 Å². The summed E-state index contributed by atoms with van der Waals surface area (Å²) < 4.78 is 11.1. The summed E-state index contributed by atoms with van der Waals surface area (Å²) in [6.07, 6.45) is 2.59. The summed E-state index contributed by atoms with van der Waals surface area (Å²) in [5, 5.41) is 6.72. The number of aromatic nitrogens is 2.